The molecule has 0 atom stereocenters. The molecule has 2 nitrogen and oxygen atoms in total. The Hall–Kier alpha value is -3.00. The van der Waals surface area contributed by atoms with Crippen molar-refractivity contribution in [3.63, 3.8) is 0 Å². The summed E-state index contributed by atoms with van der Waals surface area (Å²) >= 11 is 0. The molecule has 0 saturated carbocycles. The predicted molar refractivity (Wildman–Crippen MR) is 92.5 cm³/mol. The van der Waals surface area contributed by atoms with E-state index in [4.69, 9.17) is 0 Å². The Morgan fingerprint density at radius 2 is 1.32 bits per heavy atom. The molecule has 22 heavy (non-hydrogen) atoms. The maximum Gasteiger partial charge on any atom is 0.125 e. The minimum Gasteiger partial charge on any atom is -0.507 e. The van der Waals surface area contributed by atoms with Gasteiger partial charge in [0.05, 0.1) is 5.52 Å². The number of aromatic hydroxyl groups is 1. The molecule has 0 fully saturated rings. The maximum atomic E-state index is 10.3. The molecule has 104 valence electrons. The zero-order chi connectivity index (χ0) is 14.7. The lowest BCUT2D eigenvalue weighted by Gasteiger charge is -2.04. The average molecular weight is 283 g/mol. The molecule has 2 N–H and O–H groups in total. The Kier molecular flexibility index (Phi) is 2.12. The van der Waals surface area contributed by atoms with Gasteiger partial charge in [0, 0.05) is 27.7 Å². The van der Waals surface area contributed by atoms with E-state index in [2.05, 4.69) is 47.4 Å². The molecule has 0 radical (unpaired) electrons. The van der Waals surface area contributed by atoms with Crippen molar-refractivity contribution in [1.82, 2.24) is 4.98 Å². The summed E-state index contributed by atoms with van der Waals surface area (Å²) in [4.78, 5) is 3.44. The van der Waals surface area contributed by atoms with Crippen LogP contribution in [0.15, 0.2) is 66.7 Å². The van der Waals surface area contributed by atoms with Crippen LogP contribution in [0.1, 0.15) is 0 Å². The SMILES string of the molecule is Oc1cc2[nH]c3ccc4ccccc4c3c2c2ccccc12. The number of fused-ring (bicyclic) bond motifs is 7. The van der Waals surface area contributed by atoms with Crippen molar-refractivity contribution in [2.75, 3.05) is 0 Å². The van der Waals surface area contributed by atoms with Gasteiger partial charge >= 0.3 is 0 Å². The van der Waals surface area contributed by atoms with Crippen LogP contribution < -0.4 is 0 Å². The number of nitrogens with one attached hydrogen (secondary N) is 1. The fourth-order valence-corrected chi connectivity index (χ4v) is 3.51. The van der Waals surface area contributed by atoms with Crippen LogP contribution in [0, 0.1) is 0 Å². The topological polar surface area (TPSA) is 36.0 Å². The molecule has 0 unspecified atom stereocenters. The van der Waals surface area contributed by atoms with E-state index in [0.717, 1.165) is 21.8 Å². The molecule has 5 rings (SSSR count). The molecule has 1 aromatic heterocycles. The molecule has 2 heteroatoms. The number of aromatic nitrogens is 1. The first-order valence-corrected chi connectivity index (χ1v) is 7.37. The van der Waals surface area contributed by atoms with Crippen molar-refractivity contribution in [1.29, 1.82) is 0 Å². The highest BCUT2D eigenvalue weighted by atomic mass is 16.3. The van der Waals surface area contributed by atoms with Gasteiger partial charge in [0.2, 0.25) is 0 Å². The lowest BCUT2D eigenvalue weighted by molar-refractivity contribution is 0.482. The Labute approximate surface area is 126 Å². The lowest BCUT2D eigenvalue weighted by Crippen LogP contribution is -1.77. The van der Waals surface area contributed by atoms with Crippen molar-refractivity contribution >= 4 is 43.4 Å². The minimum atomic E-state index is 0.318. The van der Waals surface area contributed by atoms with Crippen molar-refractivity contribution in [2.45, 2.75) is 0 Å². The van der Waals surface area contributed by atoms with Gasteiger partial charge in [-0.05, 0) is 22.2 Å². The average Bonchev–Trinajstić information content (AvgIpc) is 2.94. The van der Waals surface area contributed by atoms with E-state index in [9.17, 15) is 5.11 Å². The molecule has 0 amide bonds. The molecular weight excluding hydrogens is 270 g/mol. The molecule has 0 spiro atoms. The highest BCUT2D eigenvalue weighted by Crippen LogP contribution is 2.39. The van der Waals surface area contributed by atoms with E-state index in [1.807, 2.05) is 24.3 Å². The number of benzene rings is 4. The molecule has 0 saturated heterocycles. The molecule has 5 aromatic rings. The number of hydrogen-bond donors (Lipinski definition) is 2. The lowest BCUT2D eigenvalue weighted by atomic mass is 9.99. The predicted octanol–water partition coefficient (Wildman–Crippen LogP) is 5.33. The number of phenols is 1. The summed E-state index contributed by atoms with van der Waals surface area (Å²) in [6.07, 6.45) is 0. The number of H-pyrrole nitrogens is 1. The normalized spacial score (nSPS) is 11.8. The van der Waals surface area contributed by atoms with E-state index >= 15 is 0 Å². The third-order valence-corrected chi connectivity index (χ3v) is 4.47. The minimum absolute atomic E-state index is 0.318. The Morgan fingerprint density at radius 1 is 0.636 bits per heavy atom. The largest absolute Gasteiger partial charge is 0.507 e. The second-order valence-corrected chi connectivity index (χ2v) is 5.70. The fraction of sp³-hybridized carbons (Fsp3) is 0. The maximum absolute atomic E-state index is 10.3. The van der Waals surface area contributed by atoms with Gasteiger partial charge in [-0.15, -0.1) is 0 Å². The van der Waals surface area contributed by atoms with E-state index < -0.39 is 0 Å². The Bertz CT molecular complexity index is 1180. The van der Waals surface area contributed by atoms with Gasteiger partial charge < -0.3 is 10.1 Å². The van der Waals surface area contributed by atoms with Crippen molar-refractivity contribution < 1.29 is 5.11 Å². The van der Waals surface area contributed by atoms with E-state index in [1.54, 1.807) is 0 Å². The molecule has 1 heterocycles. The summed E-state index contributed by atoms with van der Waals surface area (Å²) < 4.78 is 0. The first kappa shape index (κ1) is 11.6. The molecule has 4 aromatic carbocycles. The summed E-state index contributed by atoms with van der Waals surface area (Å²) in [5.74, 6) is 0.318. The smallest absolute Gasteiger partial charge is 0.125 e. The Balaban J connectivity index is 2.18. The molecule has 0 bridgehead atoms. The van der Waals surface area contributed by atoms with E-state index in [0.29, 0.717) is 5.75 Å². The number of aromatic amines is 1. The monoisotopic (exact) mass is 283 g/mol. The van der Waals surface area contributed by atoms with Crippen LogP contribution in [-0.2, 0) is 0 Å². The zero-order valence-corrected chi connectivity index (χ0v) is 11.8. The number of phenolic OH excluding ortho intramolecular Hbond substituents is 1. The van der Waals surface area contributed by atoms with Crippen molar-refractivity contribution in [3.05, 3.63) is 66.7 Å². The molecular formula is C20H13NO. The second kappa shape index (κ2) is 4.01. The van der Waals surface area contributed by atoms with Gasteiger partial charge in [0.1, 0.15) is 5.75 Å². The zero-order valence-electron chi connectivity index (χ0n) is 11.8. The summed E-state index contributed by atoms with van der Waals surface area (Å²) in [5.41, 5.74) is 2.08. The summed E-state index contributed by atoms with van der Waals surface area (Å²) in [6.45, 7) is 0. The highest BCUT2D eigenvalue weighted by Gasteiger charge is 2.13. The van der Waals surface area contributed by atoms with Gasteiger partial charge in [-0.1, -0.05) is 54.6 Å². The summed E-state index contributed by atoms with van der Waals surface area (Å²) in [6, 6.07) is 22.5. The van der Waals surface area contributed by atoms with Crippen LogP contribution in [-0.4, -0.2) is 10.1 Å². The number of hydrogen-bond acceptors (Lipinski definition) is 1. The van der Waals surface area contributed by atoms with E-state index in [1.165, 1.54) is 21.5 Å². The third kappa shape index (κ3) is 1.39. The Morgan fingerprint density at radius 3 is 2.18 bits per heavy atom. The highest BCUT2D eigenvalue weighted by molar-refractivity contribution is 6.28. The number of rotatable bonds is 0. The van der Waals surface area contributed by atoms with Crippen LogP contribution >= 0.6 is 0 Å². The van der Waals surface area contributed by atoms with E-state index in [-0.39, 0.29) is 0 Å². The van der Waals surface area contributed by atoms with Crippen molar-refractivity contribution in [3.8, 4) is 5.75 Å². The fourth-order valence-electron chi connectivity index (χ4n) is 3.51. The van der Waals surface area contributed by atoms with Gasteiger partial charge in [-0.25, -0.2) is 0 Å². The quantitative estimate of drug-likeness (QED) is 0.396. The van der Waals surface area contributed by atoms with Crippen molar-refractivity contribution in [2.24, 2.45) is 0 Å². The van der Waals surface area contributed by atoms with Crippen LogP contribution in [0.4, 0.5) is 0 Å². The summed E-state index contributed by atoms with van der Waals surface area (Å²) in [7, 11) is 0. The molecule has 0 aliphatic carbocycles. The van der Waals surface area contributed by atoms with Crippen LogP contribution in [0.2, 0.25) is 0 Å². The third-order valence-electron chi connectivity index (χ3n) is 4.47. The van der Waals surface area contributed by atoms with Gasteiger partial charge in [-0.2, -0.15) is 0 Å². The van der Waals surface area contributed by atoms with Gasteiger partial charge in [0.25, 0.3) is 0 Å². The van der Waals surface area contributed by atoms with Crippen LogP contribution in [0.3, 0.4) is 0 Å². The first-order valence-electron chi connectivity index (χ1n) is 7.37. The first-order chi connectivity index (χ1) is 10.8. The van der Waals surface area contributed by atoms with Crippen LogP contribution in [0.5, 0.6) is 5.75 Å². The second-order valence-electron chi connectivity index (χ2n) is 5.70. The standard InChI is InChI=1S/C20H13NO/c22-18-11-17-20(15-8-4-3-7-14(15)18)19-13-6-2-1-5-12(13)9-10-16(19)21-17/h1-11,21-22H. The summed E-state index contributed by atoms with van der Waals surface area (Å²) in [5, 5.41) is 17.1. The van der Waals surface area contributed by atoms with Gasteiger partial charge in [-0.3, -0.25) is 0 Å². The van der Waals surface area contributed by atoms with Crippen LogP contribution in [0.25, 0.3) is 43.4 Å². The molecule has 0 aliphatic heterocycles. The molecule has 0 aliphatic rings. The van der Waals surface area contributed by atoms with Gasteiger partial charge in [0.15, 0.2) is 0 Å².